The maximum absolute atomic E-state index is 11.6. The third-order valence-electron chi connectivity index (χ3n) is 2.52. The maximum Gasteiger partial charge on any atom is 0.269 e. The van der Waals surface area contributed by atoms with E-state index in [1.807, 2.05) is 0 Å². The Bertz CT molecular complexity index is 445. The molecule has 1 heterocycles. The van der Waals surface area contributed by atoms with E-state index in [-0.39, 0.29) is 16.5 Å². The summed E-state index contributed by atoms with van der Waals surface area (Å²) in [6, 6.07) is 0. The van der Waals surface area contributed by atoms with Crippen LogP contribution in [-0.2, 0) is 7.05 Å². The van der Waals surface area contributed by atoms with Gasteiger partial charge < -0.3 is 9.88 Å². The van der Waals surface area contributed by atoms with Gasteiger partial charge in [-0.05, 0) is 19.4 Å². The van der Waals surface area contributed by atoms with Gasteiger partial charge in [0.1, 0.15) is 5.02 Å². The van der Waals surface area contributed by atoms with Crippen molar-refractivity contribution in [2.45, 2.75) is 13.8 Å². The van der Waals surface area contributed by atoms with Gasteiger partial charge in [-0.1, -0.05) is 11.6 Å². The number of amides is 1. The first-order chi connectivity index (χ1) is 6.91. The Balaban J connectivity index is 3.67. The molecule has 0 spiro atoms. The van der Waals surface area contributed by atoms with Gasteiger partial charge in [-0.15, -0.1) is 0 Å². The average Bonchev–Trinajstić information content (AvgIpc) is 2.23. The van der Waals surface area contributed by atoms with E-state index < -0.39 is 0 Å². The molecule has 0 fully saturated rings. The predicted molar refractivity (Wildman–Crippen MR) is 59.6 cm³/mol. The van der Waals surface area contributed by atoms with Crippen LogP contribution in [0.4, 0.5) is 0 Å². The monoisotopic (exact) mass is 228 g/mol. The van der Waals surface area contributed by atoms with Crippen molar-refractivity contribution in [3.8, 4) is 0 Å². The van der Waals surface area contributed by atoms with Crippen LogP contribution < -0.4 is 10.9 Å². The summed E-state index contributed by atoms with van der Waals surface area (Å²) in [5.74, 6) is -0.234. The van der Waals surface area contributed by atoms with E-state index in [4.69, 9.17) is 11.6 Å². The Morgan fingerprint density at radius 2 is 1.93 bits per heavy atom. The molecule has 1 rings (SSSR count). The van der Waals surface area contributed by atoms with Gasteiger partial charge in [0.2, 0.25) is 0 Å². The second kappa shape index (κ2) is 4.06. The first-order valence-electron chi connectivity index (χ1n) is 4.49. The largest absolute Gasteiger partial charge is 0.355 e. The molecule has 15 heavy (non-hydrogen) atoms. The summed E-state index contributed by atoms with van der Waals surface area (Å²) in [7, 11) is 3.13. The van der Waals surface area contributed by atoms with Crippen LogP contribution in [0.2, 0.25) is 5.02 Å². The molecule has 1 aromatic rings. The maximum atomic E-state index is 11.6. The van der Waals surface area contributed by atoms with Crippen molar-refractivity contribution in [3.05, 3.63) is 32.2 Å². The molecule has 4 nitrogen and oxygen atoms in total. The summed E-state index contributed by atoms with van der Waals surface area (Å²) >= 11 is 5.85. The number of carbonyl (C=O) groups is 1. The number of hydrogen-bond donors (Lipinski definition) is 1. The normalized spacial score (nSPS) is 10.2. The minimum absolute atomic E-state index is 0.0988. The molecule has 0 radical (unpaired) electrons. The zero-order valence-electron chi connectivity index (χ0n) is 9.14. The first kappa shape index (κ1) is 11.8. The van der Waals surface area contributed by atoms with Crippen molar-refractivity contribution in [1.82, 2.24) is 9.88 Å². The van der Waals surface area contributed by atoms with Crippen LogP contribution in [0.3, 0.4) is 0 Å². The number of aromatic nitrogens is 1. The van der Waals surface area contributed by atoms with Crippen molar-refractivity contribution in [3.63, 3.8) is 0 Å². The molecule has 0 aliphatic carbocycles. The van der Waals surface area contributed by atoms with Crippen LogP contribution in [0.15, 0.2) is 4.79 Å². The molecule has 1 amide bonds. The Kier molecular flexibility index (Phi) is 3.19. The van der Waals surface area contributed by atoms with Gasteiger partial charge in [-0.2, -0.15) is 0 Å². The number of carbonyl (C=O) groups excluding carboxylic acids is 1. The Hall–Kier alpha value is -1.29. The minimum atomic E-state index is -0.278. The van der Waals surface area contributed by atoms with Crippen LogP contribution in [-0.4, -0.2) is 17.5 Å². The lowest BCUT2D eigenvalue weighted by molar-refractivity contribution is 0.0961. The Morgan fingerprint density at radius 1 is 1.40 bits per heavy atom. The summed E-state index contributed by atoms with van der Waals surface area (Å²) in [6.45, 7) is 3.39. The number of hydrogen-bond acceptors (Lipinski definition) is 2. The van der Waals surface area contributed by atoms with Crippen LogP contribution in [0.1, 0.15) is 21.6 Å². The van der Waals surface area contributed by atoms with E-state index >= 15 is 0 Å². The summed E-state index contributed by atoms with van der Waals surface area (Å²) in [6.07, 6.45) is 0. The van der Waals surface area contributed by atoms with Gasteiger partial charge >= 0.3 is 0 Å². The lowest BCUT2D eigenvalue weighted by atomic mass is 10.1. The van der Waals surface area contributed by atoms with E-state index in [2.05, 4.69) is 5.32 Å². The van der Waals surface area contributed by atoms with Crippen molar-refractivity contribution in [2.24, 2.45) is 7.05 Å². The molecule has 0 aliphatic rings. The van der Waals surface area contributed by atoms with E-state index in [0.717, 1.165) is 0 Å². The lowest BCUT2D eigenvalue weighted by Gasteiger charge is -2.13. The number of pyridine rings is 1. The SMILES string of the molecule is CNC(=O)c1c(C)c(Cl)c(=O)n(C)c1C. The van der Waals surface area contributed by atoms with Crippen molar-refractivity contribution in [2.75, 3.05) is 7.05 Å². The minimum Gasteiger partial charge on any atom is -0.355 e. The van der Waals surface area contributed by atoms with Crippen molar-refractivity contribution in [1.29, 1.82) is 0 Å². The molecule has 0 saturated carbocycles. The molecular weight excluding hydrogens is 216 g/mol. The smallest absolute Gasteiger partial charge is 0.269 e. The van der Waals surface area contributed by atoms with Crippen LogP contribution in [0, 0.1) is 13.8 Å². The van der Waals surface area contributed by atoms with Gasteiger partial charge in [0.05, 0.1) is 5.56 Å². The topological polar surface area (TPSA) is 51.1 Å². The second-order valence-corrected chi connectivity index (χ2v) is 3.72. The fourth-order valence-electron chi connectivity index (χ4n) is 1.47. The lowest BCUT2D eigenvalue weighted by Crippen LogP contribution is -2.28. The van der Waals surface area contributed by atoms with Gasteiger partial charge in [-0.3, -0.25) is 9.59 Å². The van der Waals surface area contributed by atoms with E-state index in [9.17, 15) is 9.59 Å². The molecule has 0 atom stereocenters. The van der Waals surface area contributed by atoms with Gasteiger partial charge in [0.15, 0.2) is 0 Å². The number of nitrogens with one attached hydrogen (secondary N) is 1. The quantitative estimate of drug-likeness (QED) is 0.780. The Labute approximate surface area is 92.9 Å². The second-order valence-electron chi connectivity index (χ2n) is 3.34. The van der Waals surface area contributed by atoms with Gasteiger partial charge in [0, 0.05) is 19.8 Å². The van der Waals surface area contributed by atoms with E-state index in [0.29, 0.717) is 16.8 Å². The molecule has 5 heteroatoms. The van der Waals surface area contributed by atoms with Gasteiger partial charge in [-0.25, -0.2) is 0 Å². The van der Waals surface area contributed by atoms with Crippen LogP contribution >= 0.6 is 11.6 Å². The molecule has 1 aromatic heterocycles. The zero-order valence-corrected chi connectivity index (χ0v) is 9.90. The molecule has 1 N–H and O–H groups in total. The number of halogens is 1. The summed E-state index contributed by atoms with van der Waals surface area (Å²) in [5.41, 5.74) is 1.32. The highest BCUT2D eigenvalue weighted by molar-refractivity contribution is 6.31. The third-order valence-corrected chi connectivity index (χ3v) is 2.96. The average molecular weight is 229 g/mol. The summed E-state index contributed by atoms with van der Waals surface area (Å²) in [4.78, 5) is 23.2. The summed E-state index contributed by atoms with van der Waals surface area (Å²) < 4.78 is 1.37. The third kappa shape index (κ3) is 1.77. The van der Waals surface area contributed by atoms with Gasteiger partial charge in [0.25, 0.3) is 11.5 Å². The zero-order chi connectivity index (χ0) is 11.7. The molecular formula is C10H13ClN2O2. The molecule has 82 valence electrons. The number of nitrogens with zero attached hydrogens (tertiary/aromatic N) is 1. The van der Waals surface area contributed by atoms with Crippen LogP contribution in [0.5, 0.6) is 0 Å². The predicted octanol–water partition coefficient (Wildman–Crippen LogP) is 1.02. The highest BCUT2D eigenvalue weighted by Crippen LogP contribution is 2.18. The summed E-state index contributed by atoms with van der Waals surface area (Å²) in [5, 5.41) is 2.62. The Morgan fingerprint density at radius 3 is 2.40 bits per heavy atom. The highest BCUT2D eigenvalue weighted by atomic mass is 35.5. The molecule has 0 aliphatic heterocycles. The standard InChI is InChI=1S/C10H13ClN2O2/c1-5-7(9(14)12-3)6(2)13(4)10(15)8(5)11/h1-4H3,(H,12,14). The van der Waals surface area contributed by atoms with Crippen LogP contribution in [0.25, 0.3) is 0 Å². The molecule has 0 aromatic carbocycles. The molecule has 0 saturated heterocycles. The fourth-order valence-corrected chi connectivity index (χ4v) is 1.69. The van der Waals surface area contributed by atoms with Crippen molar-refractivity contribution < 1.29 is 4.79 Å². The molecule has 0 bridgehead atoms. The number of rotatable bonds is 1. The molecule has 0 unspecified atom stereocenters. The van der Waals surface area contributed by atoms with Crippen molar-refractivity contribution >= 4 is 17.5 Å². The fraction of sp³-hybridized carbons (Fsp3) is 0.400. The van der Waals surface area contributed by atoms with E-state index in [1.54, 1.807) is 27.9 Å². The highest BCUT2D eigenvalue weighted by Gasteiger charge is 2.18. The van der Waals surface area contributed by atoms with E-state index in [1.165, 1.54) is 4.57 Å². The first-order valence-corrected chi connectivity index (χ1v) is 4.87.